The minimum atomic E-state index is -0.237. The maximum absolute atomic E-state index is 2.70. The van der Waals surface area contributed by atoms with E-state index in [-0.39, 0.29) is 28.4 Å². The fourth-order valence-electron chi connectivity index (χ4n) is 11.1. The topological polar surface area (TPSA) is 11.4 Å². The molecule has 316 valence electrons. The SMILES string of the molecule is CC(C)(C)c1ccc(N2c3ccc4cc3B3c5c2cccc5N(c2ccc(C(C)(C)C)cc2)c2c3n(c3c2ccc2c5cc(C(C)(C)C)ccc5sc23)-c2cccc(c2)C4(C)C)cc1. The van der Waals surface area contributed by atoms with Crippen LogP contribution in [0.2, 0.25) is 0 Å². The van der Waals surface area contributed by atoms with Crippen molar-refractivity contribution in [2.75, 3.05) is 9.80 Å². The number of anilines is 6. The van der Waals surface area contributed by atoms with E-state index < -0.39 is 0 Å². The van der Waals surface area contributed by atoms with Crippen LogP contribution < -0.4 is 26.3 Å². The van der Waals surface area contributed by atoms with Crippen molar-refractivity contribution in [2.45, 2.75) is 97.8 Å². The highest BCUT2D eigenvalue weighted by Crippen LogP contribution is 2.51. The normalized spacial score (nSPS) is 15.1. The van der Waals surface area contributed by atoms with Gasteiger partial charge in [0.05, 0.1) is 15.9 Å². The standard InChI is InChI=1S/C59H56BN3S/c1-56(2,3)35-18-24-40(25-19-35)61-47-30-22-39-34-46(47)60-51-48(61)16-13-17-49(51)62(41-26-20-36(21-27-41)57(4,5)6)53-44-29-28-43-45-33-37(58(7,8)9)23-31-50(45)64-54(43)52(44)63(55(53)60)42-15-12-14-38(32-42)59(39,10)11/h12-34H,1-11H3. The first kappa shape index (κ1) is 39.5. The molecule has 12 rings (SSSR count). The van der Waals surface area contributed by atoms with Crippen LogP contribution in [0.5, 0.6) is 0 Å². The van der Waals surface area contributed by atoms with E-state index >= 15 is 0 Å². The van der Waals surface area contributed by atoms with E-state index in [9.17, 15) is 0 Å². The average molecular weight is 850 g/mol. The Morgan fingerprint density at radius 2 is 1.06 bits per heavy atom. The van der Waals surface area contributed by atoms with E-state index in [1.807, 2.05) is 11.3 Å². The van der Waals surface area contributed by atoms with E-state index in [2.05, 4.69) is 230 Å². The molecule has 7 aromatic carbocycles. The summed E-state index contributed by atoms with van der Waals surface area (Å²) in [5, 5.41) is 3.95. The highest BCUT2D eigenvalue weighted by atomic mass is 32.1. The van der Waals surface area contributed by atoms with Crippen LogP contribution in [0, 0.1) is 0 Å². The molecule has 0 saturated carbocycles. The van der Waals surface area contributed by atoms with Crippen molar-refractivity contribution in [3.63, 3.8) is 0 Å². The van der Waals surface area contributed by atoms with Gasteiger partial charge >= 0.3 is 0 Å². The largest absolute Gasteiger partial charge is 0.318 e. The summed E-state index contributed by atoms with van der Waals surface area (Å²) in [7, 11) is 0. The summed E-state index contributed by atoms with van der Waals surface area (Å²) in [6.45, 7) is 25.6. The zero-order chi connectivity index (χ0) is 44.4. The molecule has 0 amide bonds. The molecule has 3 aliphatic rings. The lowest BCUT2D eigenvalue weighted by molar-refractivity contribution is 0.590. The number of thiophene rings is 1. The van der Waals surface area contributed by atoms with Gasteiger partial charge < -0.3 is 14.4 Å². The quantitative estimate of drug-likeness (QED) is 0.161. The summed E-state index contributed by atoms with van der Waals surface area (Å²) in [5.41, 5.74) is 20.5. The number of benzene rings is 7. The second-order valence-electron chi connectivity index (χ2n) is 22.3. The molecule has 64 heavy (non-hydrogen) atoms. The molecule has 3 nitrogen and oxygen atoms in total. The third-order valence-corrected chi connectivity index (χ3v) is 16.1. The molecule has 5 heteroatoms. The maximum Gasteiger partial charge on any atom is 0.273 e. The number of hydrogen-bond donors (Lipinski definition) is 0. The molecule has 4 bridgehead atoms. The first-order chi connectivity index (χ1) is 30.4. The molecule has 9 aromatic rings. The summed E-state index contributed by atoms with van der Waals surface area (Å²) in [6.07, 6.45) is 0. The van der Waals surface area contributed by atoms with Gasteiger partial charge in [-0.3, -0.25) is 0 Å². The summed E-state index contributed by atoms with van der Waals surface area (Å²) in [4.78, 5) is 5.16. The number of nitrogens with zero attached hydrogens (tertiary/aromatic N) is 3. The van der Waals surface area contributed by atoms with Crippen molar-refractivity contribution in [1.29, 1.82) is 0 Å². The monoisotopic (exact) mass is 849 g/mol. The Morgan fingerprint density at radius 1 is 0.484 bits per heavy atom. The Labute approximate surface area is 383 Å². The van der Waals surface area contributed by atoms with E-state index in [4.69, 9.17) is 0 Å². The van der Waals surface area contributed by atoms with Gasteiger partial charge in [-0.15, -0.1) is 11.3 Å². The van der Waals surface area contributed by atoms with Gasteiger partial charge in [0.15, 0.2) is 0 Å². The molecule has 2 aromatic heterocycles. The Bertz CT molecular complexity index is 3420. The van der Waals surface area contributed by atoms with Crippen LogP contribution in [0.1, 0.15) is 104 Å². The predicted octanol–water partition coefficient (Wildman–Crippen LogP) is 14.6. The number of hydrogen-bond acceptors (Lipinski definition) is 3. The molecule has 5 heterocycles. The number of fused-ring (bicyclic) bond motifs is 11. The first-order valence-electron chi connectivity index (χ1n) is 23.1. The Hall–Kier alpha value is -6.04. The van der Waals surface area contributed by atoms with E-state index in [0.717, 1.165) is 0 Å². The van der Waals surface area contributed by atoms with Gasteiger partial charge in [-0.25, -0.2) is 0 Å². The summed E-state index contributed by atoms with van der Waals surface area (Å²) in [5.74, 6) is 0. The number of rotatable bonds is 2. The smallest absolute Gasteiger partial charge is 0.273 e. The molecule has 0 atom stereocenters. The van der Waals surface area contributed by atoms with Crippen LogP contribution in [-0.4, -0.2) is 11.3 Å². The van der Waals surface area contributed by atoms with Crippen molar-refractivity contribution in [3.8, 4) is 5.69 Å². The molecule has 0 unspecified atom stereocenters. The molecule has 0 fully saturated rings. The molecular weight excluding hydrogens is 794 g/mol. The van der Waals surface area contributed by atoms with Crippen molar-refractivity contribution in [1.82, 2.24) is 4.57 Å². The van der Waals surface area contributed by atoms with E-state index in [0.29, 0.717) is 0 Å². The van der Waals surface area contributed by atoms with Gasteiger partial charge in [-0.2, -0.15) is 0 Å². The van der Waals surface area contributed by atoms with Crippen LogP contribution >= 0.6 is 11.3 Å². The van der Waals surface area contributed by atoms with Crippen LogP contribution in [0.3, 0.4) is 0 Å². The first-order valence-corrected chi connectivity index (χ1v) is 23.9. The van der Waals surface area contributed by atoms with Gasteiger partial charge in [0.1, 0.15) is 0 Å². The van der Waals surface area contributed by atoms with Gasteiger partial charge in [0.25, 0.3) is 6.71 Å². The van der Waals surface area contributed by atoms with Gasteiger partial charge in [0, 0.05) is 66.0 Å². The summed E-state index contributed by atoms with van der Waals surface area (Å²) >= 11 is 1.95. The van der Waals surface area contributed by atoms with Crippen LogP contribution in [0.25, 0.3) is 36.8 Å². The minimum Gasteiger partial charge on any atom is -0.318 e. The fourth-order valence-corrected chi connectivity index (χ4v) is 12.3. The maximum atomic E-state index is 2.70. The van der Waals surface area contributed by atoms with E-state index in [1.54, 1.807) is 0 Å². The van der Waals surface area contributed by atoms with Crippen molar-refractivity contribution >= 4 is 99.8 Å². The molecule has 0 N–H and O–H groups in total. The van der Waals surface area contributed by atoms with Crippen LogP contribution in [0.4, 0.5) is 34.1 Å². The number of aromatic nitrogens is 1. The summed E-state index contributed by atoms with van der Waals surface area (Å²) < 4.78 is 5.37. The zero-order valence-corrected chi connectivity index (χ0v) is 39.9. The highest BCUT2D eigenvalue weighted by Gasteiger charge is 2.48. The summed E-state index contributed by atoms with van der Waals surface area (Å²) in [6, 6.07) is 54.7. The lowest BCUT2D eigenvalue weighted by Crippen LogP contribution is -2.63. The molecular formula is C59H56BN3S. The average Bonchev–Trinajstić information content (AvgIpc) is 3.81. The Balaban J connectivity index is 1.25. The van der Waals surface area contributed by atoms with Gasteiger partial charge in [0.2, 0.25) is 0 Å². The Kier molecular flexibility index (Phi) is 8.06. The van der Waals surface area contributed by atoms with Gasteiger partial charge in [-0.05, 0) is 122 Å². The molecule has 0 saturated heterocycles. The van der Waals surface area contributed by atoms with Gasteiger partial charge in [-0.1, -0.05) is 149 Å². The molecule has 3 aliphatic heterocycles. The molecule has 0 radical (unpaired) electrons. The third kappa shape index (κ3) is 5.52. The minimum absolute atomic E-state index is 0.0341. The lowest BCUT2D eigenvalue weighted by Gasteiger charge is -2.44. The molecule has 0 spiro atoms. The van der Waals surface area contributed by atoms with Crippen molar-refractivity contribution < 1.29 is 0 Å². The second-order valence-corrected chi connectivity index (χ2v) is 23.4. The van der Waals surface area contributed by atoms with Crippen molar-refractivity contribution in [2.24, 2.45) is 0 Å². The third-order valence-electron chi connectivity index (χ3n) is 14.9. The van der Waals surface area contributed by atoms with Crippen molar-refractivity contribution in [3.05, 3.63) is 167 Å². The highest BCUT2D eigenvalue weighted by molar-refractivity contribution is 7.26. The zero-order valence-electron chi connectivity index (χ0n) is 39.1. The Morgan fingerprint density at radius 3 is 1.72 bits per heavy atom. The lowest BCUT2D eigenvalue weighted by atomic mass is 9.34. The van der Waals surface area contributed by atoms with E-state index in [1.165, 1.54) is 115 Å². The molecule has 0 aliphatic carbocycles. The second kappa shape index (κ2) is 13.0. The fraction of sp³-hybridized carbons (Fsp3) is 0.254. The predicted molar refractivity (Wildman–Crippen MR) is 278 cm³/mol. The van der Waals surface area contributed by atoms with Crippen LogP contribution in [-0.2, 0) is 21.7 Å². The van der Waals surface area contributed by atoms with Crippen LogP contribution in [0.15, 0.2) is 140 Å².